The highest BCUT2D eigenvalue weighted by molar-refractivity contribution is 7.98. The fourth-order valence-electron chi connectivity index (χ4n) is 2.12. The van der Waals surface area contributed by atoms with Gasteiger partial charge in [-0.3, -0.25) is 19.2 Å². The molecule has 6 N–H and O–H groups in total. The fraction of sp³-hybridized carbons (Fsp3) is 0.389. The molecule has 0 bridgehead atoms. The number of amides is 2. The molecule has 2 atom stereocenters. The standard InChI is InChI=1S/C18H22N4O6S/c19-7-11-1-3-12(4-2-11)9-29-10-14(17(26)21-8-16(24)25)22-15(23)6-5-13(20)18(27)28/h1-4,13-14H,5-6,8-10,20H2,(H,21,26)(H,22,23)(H,24,25)(H,27,28)/t13-,14-/m0/s1. The molecule has 1 aromatic carbocycles. The van der Waals surface area contributed by atoms with Gasteiger partial charge in [0.05, 0.1) is 11.6 Å². The lowest BCUT2D eigenvalue weighted by Gasteiger charge is -2.18. The predicted molar refractivity (Wildman–Crippen MR) is 105 cm³/mol. The molecule has 0 aliphatic carbocycles. The van der Waals surface area contributed by atoms with Crippen molar-refractivity contribution in [3.05, 3.63) is 35.4 Å². The molecule has 0 radical (unpaired) electrons. The molecule has 0 spiro atoms. The largest absolute Gasteiger partial charge is 0.480 e. The predicted octanol–water partition coefficient (Wildman–Crippen LogP) is -0.331. The number of nitrogens with one attached hydrogen (secondary N) is 2. The lowest BCUT2D eigenvalue weighted by molar-refractivity contribution is -0.139. The van der Waals surface area contributed by atoms with Crippen LogP contribution in [0.3, 0.4) is 0 Å². The second kappa shape index (κ2) is 12.4. The number of rotatable bonds is 12. The SMILES string of the molecule is N#Cc1ccc(CSC[C@H](NC(=O)CC[C@H](N)C(=O)O)C(=O)NCC(=O)O)cc1. The average molecular weight is 422 g/mol. The van der Waals surface area contributed by atoms with E-state index in [1.807, 2.05) is 6.07 Å². The number of nitriles is 1. The number of carboxylic acid groups (broad SMARTS) is 2. The highest BCUT2D eigenvalue weighted by Gasteiger charge is 2.22. The zero-order valence-electron chi connectivity index (χ0n) is 15.5. The molecule has 0 aliphatic heterocycles. The van der Waals surface area contributed by atoms with Gasteiger partial charge in [-0.05, 0) is 24.1 Å². The summed E-state index contributed by atoms with van der Waals surface area (Å²) in [6, 6.07) is 6.71. The summed E-state index contributed by atoms with van der Waals surface area (Å²) in [4.78, 5) is 45.6. The van der Waals surface area contributed by atoms with Crippen LogP contribution in [-0.4, -0.2) is 58.3 Å². The van der Waals surface area contributed by atoms with Gasteiger partial charge in [0, 0.05) is 17.9 Å². The maximum Gasteiger partial charge on any atom is 0.322 e. The topological polar surface area (TPSA) is 183 Å². The van der Waals surface area contributed by atoms with Crippen molar-refractivity contribution in [2.24, 2.45) is 5.73 Å². The molecule has 0 saturated carbocycles. The quantitative estimate of drug-likeness (QED) is 0.301. The Hall–Kier alpha value is -3.10. The number of aliphatic carboxylic acids is 2. The number of benzene rings is 1. The summed E-state index contributed by atoms with van der Waals surface area (Å²) in [5.41, 5.74) is 6.79. The van der Waals surface area contributed by atoms with Gasteiger partial charge in [0.15, 0.2) is 0 Å². The van der Waals surface area contributed by atoms with Crippen LogP contribution >= 0.6 is 11.8 Å². The number of carboxylic acids is 2. The molecule has 0 aliphatic rings. The summed E-state index contributed by atoms with van der Waals surface area (Å²) in [5, 5.41) is 30.9. The Morgan fingerprint density at radius 1 is 1.17 bits per heavy atom. The van der Waals surface area contributed by atoms with Gasteiger partial charge >= 0.3 is 11.9 Å². The summed E-state index contributed by atoms with van der Waals surface area (Å²) in [7, 11) is 0. The first-order valence-electron chi connectivity index (χ1n) is 8.57. The smallest absolute Gasteiger partial charge is 0.322 e. The van der Waals surface area contributed by atoms with Gasteiger partial charge in [0.1, 0.15) is 18.6 Å². The molecule has 29 heavy (non-hydrogen) atoms. The van der Waals surface area contributed by atoms with Crippen LogP contribution < -0.4 is 16.4 Å². The second-order valence-corrected chi connectivity index (χ2v) is 7.07. The normalized spacial score (nSPS) is 12.3. The fourth-order valence-corrected chi connectivity index (χ4v) is 3.13. The summed E-state index contributed by atoms with van der Waals surface area (Å²) in [6.45, 7) is -0.588. The minimum absolute atomic E-state index is 0.0942. The van der Waals surface area contributed by atoms with Crippen molar-refractivity contribution in [2.75, 3.05) is 12.3 Å². The number of nitrogens with zero attached hydrogens (tertiary/aromatic N) is 1. The van der Waals surface area contributed by atoms with Crippen LogP contribution in [0.5, 0.6) is 0 Å². The molecule has 1 aromatic rings. The molecule has 0 unspecified atom stereocenters. The third kappa shape index (κ3) is 9.59. The molecule has 10 nitrogen and oxygen atoms in total. The summed E-state index contributed by atoms with van der Waals surface area (Å²) in [6.07, 6.45) is -0.278. The van der Waals surface area contributed by atoms with Crippen molar-refractivity contribution in [2.45, 2.75) is 30.7 Å². The van der Waals surface area contributed by atoms with Crippen LogP contribution in [-0.2, 0) is 24.9 Å². The number of carbonyl (C=O) groups excluding carboxylic acids is 2. The van der Waals surface area contributed by atoms with Gasteiger partial charge in [0.2, 0.25) is 11.8 Å². The van der Waals surface area contributed by atoms with Gasteiger partial charge in [-0.2, -0.15) is 17.0 Å². The Labute approximate surface area is 171 Å². The van der Waals surface area contributed by atoms with Crippen molar-refractivity contribution < 1.29 is 29.4 Å². The van der Waals surface area contributed by atoms with Crippen LogP contribution in [0.25, 0.3) is 0 Å². The molecule has 2 amide bonds. The van der Waals surface area contributed by atoms with E-state index in [-0.39, 0.29) is 18.6 Å². The summed E-state index contributed by atoms with van der Waals surface area (Å²) < 4.78 is 0. The second-order valence-electron chi connectivity index (χ2n) is 6.04. The zero-order chi connectivity index (χ0) is 21.8. The highest BCUT2D eigenvalue weighted by Crippen LogP contribution is 2.14. The van der Waals surface area contributed by atoms with E-state index >= 15 is 0 Å². The molecular weight excluding hydrogens is 400 g/mol. The Morgan fingerprint density at radius 3 is 2.38 bits per heavy atom. The van der Waals surface area contributed by atoms with E-state index in [2.05, 4.69) is 10.6 Å². The monoisotopic (exact) mass is 422 g/mol. The van der Waals surface area contributed by atoms with Gasteiger partial charge < -0.3 is 26.6 Å². The molecule has 0 fully saturated rings. The summed E-state index contributed by atoms with van der Waals surface area (Å²) in [5.74, 6) is -2.99. The molecule has 1 rings (SSSR count). The molecule has 0 saturated heterocycles. The third-order valence-corrected chi connectivity index (χ3v) is 4.81. The first-order chi connectivity index (χ1) is 13.7. The highest BCUT2D eigenvalue weighted by atomic mass is 32.2. The molecule has 0 aromatic heterocycles. The van der Waals surface area contributed by atoms with Gasteiger partial charge in [-0.15, -0.1) is 0 Å². The van der Waals surface area contributed by atoms with E-state index in [1.54, 1.807) is 24.3 Å². The van der Waals surface area contributed by atoms with Crippen molar-refractivity contribution in [3.63, 3.8) is 0 Å². The number of carbonyl (C=O) groups is 4. The summed E-state index contributed by atoms with van der Waals surface area (Å²) >= 11 is 1.34. The van der Waals surface area contributed by atoms with E-state index < -0.39 is 42.4 Å². The van der Waals surface area contributed by atoms with E-state index in [1.165, 1.54) is 11.8 Å². The number of hydrogen-bond donors (Lipinski definition) is 5. The minimum atomic E-state index is -1.23. The van der Waals surface area contributed by atoms with Crippen molar-refractivity contribution in [1.29, 1.82) is 5.26 Å². The first-order valence-corrected chi connectivity index (χ1v) is 9.72. The zero-order valence-corrected chi connectivity index (χ0v) is 16.3. The van der Waals surface area contributed by atoms with Gasteiger partial charge in [-0.25, -0.2) is 0 Å². The Bertz CT molecular complexity index is 778. The van der Waals surface area contributed by atoms with E-state index in [0.29, 0.717) is 11.3 Å². The molecule has 11 heteroatoms. The maximum absolute atomic E-state index is 12.2. The van der Waals surface area contributed by atoms with Crippen molar-refractivity contribution in [1.82, 2.24) is 10.6 Å². The lowest BCUT2D eigenvalue weighted by atomic mass is 10.1. The molecule has 156 valence electrons. The number of hydrogen-bond acceptors (Lipinski definition) is 7. The van der Waals surface area contributed by atoms with E-state index in [4.69, 9.17) is 21.2 Å². The van der Waals surface area contributed by atoms with Crippen molar-refractivity contribution in [3.8, 4) is 6.07 Å². The van der Waals surface area contributed by atoms with Gasteiger partial charge in [0.25, 0.3) is 0 Å². The van der Waals surface area contributed by atoms with Crippen LogP contribution in [0.15, 0.2) is 24.3 Å². The Kier molecular flexibility index (Phi) is 10.2. The Balaban J connectivity index is 2.62. The third-order valence-electron chi connectivity index (χ3n) is 3.70. The van der Waals surface area contributed by atoms with Crippen LogP contribution in [0, 0.1) is 11.3 Å². The Morgan fingerprint density at radius 2 is 1.83 bits per heavy atom. The lowest BCUT2D eigenvalue weighted by Crippen LogP contribution is -2.49. The molecular formula is C18H22N4O6S. The number of nitrogens with two attached hydrogens (primary N) is 1. The maximum atomic E-state index is 12.2. The number of thioether (sulfide) groups is 1. The van der Waals surface area contributed by atoms with Crippen LogP contribution in [0.1, 0.15) is 24.0 Å². The molecule has 0 heterocycles. The van der Waals surface area contributed by atoms with Crippen LogP contribution in [0.4, 0.5) is 0 Å². The average Bonchev–Trinajstić information content (AvgIpc) is 2.69. The van der Waals surface area contributed by atoms with Crippen LogP contribution in [0.2, 0.25) is 0 Å². The van der Waals surface area contributed by atoms with Crippen molar-refractivity contribution >= 4 is 35.5 Å². The van der Waals surface area contributed by atoms with Gasteiger partial charge in [-0.1, -0.05) is 12.1 Å². The van der Waals surface area contributed by atoms with E-state index in [9.17, 15) is 19.2 Å². The van der Waals surface area contributed by atoms with E-state index in [0.717, 1.165) is 5.56 Å². The minimum Gasteiger partial charge on any atom is -0.480 e. The first kappa shape index (κ1) is 23.9.